The Hall–Kier alpha value is -2.02. The maximum absolute atomic E-state index is 13.3. The van der Waals surface area contributed by atoms with Gasteiger partial charge in [-0.15, -0.1) is 0 Å². The highest BCUT2D eigenvalue weighted by molar-refractivity contribution is 5.76. The predicted octanol–water partition coefficient (Wildman–Crippen LogP) is 1.72. The summed E-state index contributed by atoms with van der Waals surface area (Å²) >= 11 is 0. The molecule has 0 heterocycles. The van der Waals surface area contributed by atoms with E-state index in [4.69, 9.17) is 0 Å². The summed E-state index contributed by atoms with van der Waals surface area (Å²) in [5.74, 6) is 2.78. The Balaban J connectivity index is 3.17. The van der Waals surface area contributed by atoms with Crippen molar-refractivity contribution in [3.8, 4) is 11.8 Å². The second kappa shape index (κ2) is 5.01. The van der Waals surface area contributed by atoms with E-state index >= 15 is 0 Å². The molecule has 0 aromatic heterocycles. The van der Waals surface area contributed by atoms with E-state index in [0.717, 1.165) is 12.1 Å². The van der Waals surface area contributed by atoms with E-state index in [1.165, 1.54) is 0 Å². The monoisotopic (exact) mass is 208 g/mol. The number of halogens is 2. The minimum atomic E-state index is -0.997. The SMILES string of the molecule is O=CCC#Cc1ccc(F)c(C=O)c1F. The van der Waals surface area contributed by atoms with E-state index in [-0.39, 0.29) is 18.3 Å². The Morgan fingerprint density at radius 2 is 2.00 bits per heavy atom. The molecule has 0 unspecified atom stereocenters. The van der Waals surface area contributed by atoms with Gasteiger partial charge in [-0.2, -0.15) is 0 Å². The Labute approximate surface area is 84.9 Å². The number of hydrogen-bond acceptors (Lipinski definition) is 2. The van der Waals surface area contributed by atoms with Gasteiger partial charge in [-0.1, -0.05) is 11.8 Å². The van der Waals surface area contributed by atoms with Crippen LogP contribution in [0, 0.1) is 23.5 Å². The van der Waals surface area contributed by atoms with Crippen molar-refractivity contribution < 1.29 is 18.4 Å². The maximum atomic E-state index is 13.3. The molecular formula is C11H6F2O2. The molecule has 2 nitrogen and oxygen atoms in total. The molecule has 0 aliphatic rings. The van der Waals surface area contributed by atoms with Crippen LogP contribution in [0.3, 0.4) is 0 Å². The summed E-state index contributed by atoms with van der Waals surface area (Å²) in [4.78, 5) is 20.3. The number of hydrogen-bond donors (Lipinski definition) is 0. The van der Waals surface area contributed by atoms with Crippen molar-refractivity contribution in [1.82, 2.24) is 0 Å². The molecule has 0 saturated carbocycles. The average molecular weight is 208 g/mol. The lowest BCUT2D eigenvalue weighted by Crippen LogP contribution is -1.96. The van der Waals surface area contributed by atoms with Gasteiger partial charge in [-0.3, -0.25) is 4.79 Å². The molecule has 0 fully saturated rings. The number of carbonyl (C=O) groups excluding carboxylic acids is 2. The minimum absolute atomic E-state index is 0.0345. The molecule has 0 atom stereocenters. The number of aldehydes is 2. The molecule has 76 valence electrons. The van der Waals surface area contributed by atoms with Crippen molar-refractivity contribution in [3.05, 3.63) is 34.9 Å². The fourth-order valence-corrected chi connectivity index (χ4v) is 0.962. The highest BCUT2D eigenvalue weighted by Crippen LogP contribution is 2.14. The molecule has 0 radical (unpaired) electrons. The molecule has 0 spiro atoms. The summed E-state index contributed by atoms with van der Waals surface area (Å²) in [5.41, 5.74) is -0.742. The van der Waals surface area contributed by atoms with Crippen molar-refractivity contribution in [2.75, 3.05) is 0 Å². The normalized spacial score (nSPS) is 8.93. The van der Waals surface area contributed by atoms with Crippen molar-refractivity contribution in [3.63, 3.8) is 0 Å². The molecule has 1 rings (SSSR count). The van der Waals surface area contributed by atoms with Crippen LogP contribution >= 0.6 is 0 Å². The van der Waals surface area contributed by atoms with Crippen LogP contribution in [0.15, 0.2) is 12.1 Å². The van der Waals surface area contributed by atoms with Crippen LogP contribution < -0.4 is 0 Å². The second-order valence-electron chi connectivity index (χ2n) is 2.61. The first-order valence-electron chi connectivity index (χ1n) is 4.06. The van der Waals surface area contributed by atoms with E-state index in [1.54, 1.807) is 0 Å². The van der Waals surface area contributed by atoms with Crippen molar-refractivity contribution in [1.29, 1.82) is 0 Å². The van der Waals surface area contributed by atoms with Gasteiger partial charge in [0.25, 0.3) is 0 Å². The molecule has 0 N–H and O–H groups in total. The third-order valence-corrected chi connectivity index (χ3v) is 1.65. The number of benzene rings is 1. The van der Waals surface area contributed by atoms with Crippen LogP contribution in [0.2, 0.25) is 0 Å². The largest absolute Gasteiger partial charge is 0.302 e. The average Bonchev–Trinajstić information content (AvgIpc) is 2.22. The van der Waals surface area contributed by atoms with Crippen LogP contribution in [0.4, 0.5) is 8.78 Å². The molecule has 4 heteroatoms. The van der Waals surface area contributed by atoms with E-state index in [2.05, 4.69) is 11.8 Å². The molecule has 1 aromatic rings. The van der Waals surface area contributed by atoms with Crippen LogP contribution in [0.25, 0.3) is 0 Å². The van der Waals surface area contributed by atoms with Crippen molar-refractivity contribution in [2.24, 2.45) is 0 Å². The predicted molar refractivity (Wildman–Crippen MR) is 49.3 cm³/mol. The Morgan fingerprint density at radius 3 is 2.60 bits per heavy atom. The lowest BCUT2D eigenvalue weighted by atomic mass is 10.1. The summed E-state index contributed by atoms with van der Waals surface area (Å²) in [6.45, 7) is 0. The van der Waals surface area contributed by atoms with E-state index < -0.39 is 17.2 Å². The highest BCUT2D eigenvalue weighted by Gasteiger charge is 2.10. The van der Waals surface area contributed by atoms with Crippen LogP contribution in [0.1, 0.15) is 22.3 Å². The van der Waals surface area contributed by atoms with Gasteiger partial charge in [0.2, 0.25) is 0 Å². The maximum Gasteiger partial charge on any atom is 0.156 e. The fraction of sp³-hybridized carbons (Fsp3) is 0.0909. The Morgan fingerprint density at radius 1 is 1.27 bits per heavy atom. The summed E-state index contributed by atoms with van der Waals surface area (Å²) < 4.78 is 26.1. The Kier molecular flexibility index (Phi) is 3.69. The fourth-order valence-electron chi connectivity index (χ4n) is 0.962. The number of rotatable bonds is 2. The first-order valence-corrected chi connectivity index (χ1v) is 4.06. The summed E-state index contributed by atoms with van der Waals surface area (Å²) in [7, 11) is 0. The van der Waals surface area contributed by atoms with Gasteiger partial charge in [0.05, 0.1) is 17.5 Å². The van der Waals surface area contributed by atoms with Gasteiger partial charge in [0.1, 0.15) is 12.1 Å². The van der Waals surface area contributed by atoms with Gasteiger partial charge in [-0.05, 0) is 12.1 Å². The second-order valence-corrected chi connectivity index (χ2v) is 2.61. The molecule has 0 aliphatic heterocycles. The first kappa shape index (κ1) is 11.1. The van der Waals surface area contributed by atoms with Gasteiger partial charge >= 0.3 is 0 Å². The third kappa shape index (κ3) is 2.47. The van der Waals surface area contributed by atoms with Crippen LogP contribution in [-0.2, 0) is 4.79 Å². The molecule has 15 heavy (non-hydrogen) atoms. The quantitative estimate of drug-likeness (QED) is 0.547. The van der Waals surface area contributed by atoms with Crippen LogP contribution in [0.5, 0.6) is 0 Å². The summed E-state index contributed by atoms with van der Waals surface area (Å²) in [6.07, 6.45) is 0.623. The minimum Gasteiger partial charge on any atom is -0.302 e. The topological polar surface area (TPSA) is 34.1 Å². The van der Waals surface area contributed by atoms with Gasteiger partial charge in [0, 0.05) is 0 Å². The van der Waals surface area contributed by atoms with Gasteiger partial charge in [0.15, 0.2) is 12.1 Å². The smallest absolute Gasteiger partial charge is 0.156 e. The number of carbonyl (C=O) groups is 2. The van der Waals surface area contributed by atoms with E-state index in [0.29, 0.717) is 6.29 Å². The Bertz CT molecular complexity index is 456. The zero-order valence-corrected chi connectivity index (χ0v) is 7.59. The zero-order chi connectivity index (χ0) is 11.3. The highest BCUT2D eigenvalue weighted by atomic mass is 19.1. The zero-order valence-electron chi connectivity index (χ0n) is 7.59. The van der Waals surface area contributed by atoms with Crippen molar-refractivity contribution in [2.45, 2.75) is 6.42 Å². The van der Waals surface area contributed by atoms with Crippen molar-refractivity contribution >= 4 is 12.6 Å². The van der Waals surface area contributed by atoms with E-state index in [9.17, 15) is 18.4 Å². The van der Waals surface area contributed by atoms with E-state index in [1.807, 2.05) is 0 Å². The molecular weight excluding hydrogens is 202 g/mol. The molecule has 1 aromatic carbocycles. The van der Waals surface area contributed by atoms with Crippen LogP contribution in [-0.4, -0.2) is 12.6 Å². The van der Waals surface area contributed by atoms with Gasteiger partial charge < -0.3 is 4.79 Å². The molecule has 0 aliphatic carbocycles. The standard InChI is InChI=1S/C11H6F2O2/c12-10-5-4-8(3-1-2-6-14)11(13)9(10)7-15/h4-7H,2H2. The lowest BCUT2D eigenvalue weighted by Gasteiger charge is -1.98. The molecule has 0 amide bonds. The van der Waals surface area contributed by atoms with Gasteiger partial charge in [-0.25, -0.2) is 8.78 Å². The molecule has 0 bridgehead atoms. The first-order chi connectivity index (χ1) is 7.20. The summed E-state index contributed by atoms with van der Waals surface area (Å²) in [5, 5.41) is 0. The molecule has 0 saturated heterocycles. The summed E-state index contributed by atoms with van der Waals surface area (Å²) in [6, 6.07) is 2.08. The third-order valence-electron chi connectivity index (χ3n) is 1.65. The lowest BCUT2D eigenvalue weighted by molar-refractivity contribution is -0.107.